The number of hydrogen-bond acceptors (Lipinski definition) is 8. The predicted molar refractivity (Wildman–Crippen MR) is 69.5 cm³/mol. The maximum atomic E-state index is 10.0. The summed E-state index contributed by atoms with van der Waals surface area (Å²) in [5.74, 6) is -1.92. The van der Waals surface area contributed by atoms with Gasteiger partial charge in [-0.25, -0.2) is 0 Å². The van der Waals surface area contributed by atoms with Crippen molar-refractivity contribution in [1.29, 1.82) is 0 Å². The average Bonchev–Trinajstić information content (AvgIpc) is 2.74. The molecular formula is C12H21ClO8. The molecular weight excluding hydrogens is 308 g/mol. The van der Waals surface area contributed by atoms with Crippen molar-refractivity contribution in [3.63, 3.8) is 0 Å². The molecule has 2 saturated heterocycles. The van der Waals surface area contributed by atoms with Gasteiger partial charge in [0.25, 0.3) is 0 Å². The molecule has 0 aromatic carbocycles. The highest BCUT2D eigenvalue weighted by atomic mass is 35.5. The SMILES string of the molecule is OC[C@H]1O[C@H](O[C@]2(CO)O[C@H](CCl)[C@@H](O)[C@@H]2O)CC[C@H]1O. The van der Waals surface area contributed by atoms with Crippen LogP contribution >= 0.6 is 11.6 Å². The van der Waals surface area contributed by atoms with E-state index in [2.05, 4.69) is 0 Å². The van der Waals surface area contributed by atoms with Crippen LogP contribution in [0.3, 0.4) is 0 Å². The summed E-state index contributed by atoms with van der Waals surface area (Å²) >= 11 is 5.63. The zero-order valence-corrected chi connectivity index (χ0v) is 12.1. The zero-order chi connectivity index (χ0) is 15.6. The molecule has 2 aliphatic rings. The van der Waals surface area contributed by atoms with E-state index >= 15 is 0 Å². The van der Waals surface area contributed by atoms with Crippen molar-refractivity contribution in [2.24, 2.45) is 0 Å². The molecule has 2 aliphatic heterocycles. The van der Waals surface area contributed by atoms with Gasteiger partial charge in [0.15, 0.2) is 6.29 Å². The maximum absolute atomic E-state index is 10.0. The molecule has 0 bridgehead atoms. The topological polar surface area (TPSA) is 129 Å². The van der Waals surface area contributed by atoms with Gasteiger partial charge in [0.1, 0.15) is 31.0 Å². The van der Waals surface area contributed by atoms with E-state index in [9.17, 15) is 20.4 Å². The summed E-state index contributed by atoms with van der Waals surface area (Å²) < 4.78 is 16.2. The highest BCUT2D eigenvalue weighted by Gasteiger charge is 2.56. The number of rotatable bonds is 5. The van der Waals surface area contributed by atoms with Crippen molar-refractivity contribution >= 4 is 11.6 Å². The van der Waals surface area contributed by atoms with Gasteiger partial charge in [-0.3, -0.25) is 0 Å². The second-order valence-corrected chi connectivity index (χ2v) is 5.57. The Morgan fingerprint density at radius 1 is 1.14 bits per heavy atom. The molecule has 2 rings (SSSR count). The van der Waals surface area contributed by atoms with Crippen molar-refractivity contribution in [1.82, 2.24) is 0 Å². The molecule has 0 aromatic rings. The predicted octanol–water partition coefficient (Wildman–Crippen LogP) is -2.09. The fourth-order valence-electron chi connectivity index (χ4n) is 2.57. The summed E-state index contributed by atoms with van der Waals surface area (Å²) in [7, 11) is 0. The first kappa shape index (κ1) is 17.3. The highest BCUT2D eigenvalue weighted by molar-refractivity contribution is 6.18. The number of alkyl halides is 1. The van der Waals surface area contributed by atoms with E-state index in [1.807, 2.05) is 0 Å². The lowest BCUT2D eigenvalue weighted by atomic mass is 10.0. The van der Waals surface area contributed by atoms with Gasteiger partial charge in [0.05, 0.1) is 18.6 Å². The lowest BCUT2D eigenvalue weighted by Crippen LogP contribution is -2.53. The molecule has 0 saturated carbocycles. The Morgan fingerprint density at radius 3 is 2.38 bits per heavy atom. The monoisotopic (exact) mass is 328 g/mol. The van der Waals surface area contributed by atoms with Crippen LogP contribution in [0, 0.1) is 0 Å². The number of halogens is 1. The van der Waals surface area contributed by atoms with E-state index in [0.29, 0.717) is 6.42 Å². The van der Waals surface area contributed by atoms with Gasteiger partial charge in [0, 0.05) is 6.42 Å². The van der Waals surface area contributed by atoms with E-state index in [4.69, 9.17) is 30.9 Å². The van der Waals surface area contributed by atoms with Gasteiger partial charge < -0.3 is 39.7 Å². The van der Waals surface area contributed by atoms with Gasteiger partial charge in [0.2, 0.25) is 5.79 Å². The van der Waals surface area contributed by atoms with Gasteiger partial charge in [-0.1, -0.05) is 0 Å². The molecule has 0 aromatic heterocycles. The summed E-state index contributed by atoms with van der Waals surface area (Å²) in [5, 5.41) is 48.1. The maximum Gasteiger partial charge on any atom is 0.223 e. The molecule has 0 radical (unpaired) electrons. The van der Waals surface area contributed by atoms with Crippen LogP contribution in [-0.2, 0) is 14.2 Å². The van der Waals surface area contributed by atoms with Crippen molar-refractivity contribution in [3.8, 4) is 0 Å². The summed E-state index contributed by atoms with van der Waals surface area (Å²) in [6, 6.07) is 0. The van der Waals surface area contributed by atoms with Gasteiger partial charge in [-0.2, -0.15) is 0 Å². The normalized spacial score (nSPS) is 47.7. The van der Waals surface area contributed by atoms with Crippen LogP contribution in [0.25, 0.3) is 0 Å². The number of ether oxygens (including phenoxy) is 3. The van der Waals surface area contributed by atoms with Crippen LogP contribution in [0.15, 0.2) is 0 Å². The number of aliphatic hydroxyl groups excluding tert-OH is 5. The number of hydrogen-bond donors (Lipinski definition) is 5. The van der Waals surface area contributed by atoms with Gasteiger partial charge in [-0.15, -0.1) is 11.6 Å². The van der Waals surface area contributed by atoms with Crippen LogP contribution in [0.4, 0.5) is 0 Å². The summed E-state index contributed by atoms with van der Waals surface area (Å²) in [6.45, 7) is -1.09. The molecule has 0 spiro atoms. The summed E-state index contributed by atoms with van der Waals surface area (Å²) in [4.78, 5) is 0. The first-order chi connectivity index (χ1) is 9.97. The van der Waals surface area contributed by atoms with Crippen LogP contribution in [-0.4, -0.2) is 87.2 Å². The Hall–Kier alpha value is -0.0300. The fraction of sp³-hybridized carbons (Fsp3) is 1.00. The molecule has 124 valence electrons. The average molecular weight is 329 g/mol. The summed E-state index contributed by atoms with van der Waals surface area (Å²) in [5.41, 5.74) is 0. The minimum atomic E-state index is -1.84. The zero-order valence-electron chi connectivity index (χ0n) is 11.3. The largest absolute Gasteiger partial charge is 0.394 e. The van der Waals surface area contributed by atoms with E-state index in [0.717, 1.165) is 0 Å². The second-order valence-electron chi connectivity index (χ2n) is 5.27. The van der Waals surface area contributed by atoms with E-state index in [1.54, 1.807) is 0 Å². The van der Waals surface area contributed by atoms with E-state index < -0.39 is 49.2 Å². The Bertz CT molecular complexity index is 345. The Labute approximate surface area is 126 Å². The third kappa shape index (κ3) is 3.34. The smallest absolute Gasteiger partial charge is 0.223 e. The lowest BCUT2D eigenvalue weighted by Gasteiger charge is -2.38. The molecule has 5 N–H and O–H groups in total. The van der Waals surface area contributed by atoms with E-state index in [-0.39, 0.29) is 18.9 Å². The van der Waals surface area contributed by atoms with Crippen LogP contribution in [0.2, 0.25) is 0 Å². The van der Waals surface area contributed by atoms with Gasteiger partial charge in [-0.05, 0) is 6.42 Å². The molecule has 21 heavy (non-hydrogen) atoms. The van der Waals surface area contributed by atoms with Crippen LogP contribution < -0.4 is 0 Å². The van der Waals surface area contributed by atoms with Crippen molar-refractivity contribution in [3.05, 3.63) is 0 Å². The van der Waals surface area contributed by atoms with Crippen molar-refractivity contribution in [2.45, 2.75) is 55.4 Å². The molecule has 0 unspecified atom stereocenters. The Kier molecular flexibility index (Phi) is 5.80. The minimum absolute atomic E-state index is 0.0765. The Balaban J connectivity index is 2.05. The number of aliphatic hydroxyl groups is 5. The minimum Gasteiger partial charge on any atom is -0.394 e. The first-order valence-electron chi connectivity index (χ1n) is 6.80. The molecule has 2 heterocycles. The molecule has 0 amide bonds. The highest BCUT2D eigenvalue weighted by Crippen LogP contribution is 2.36. The quantitative estimate of drug-likeness (QED) is 0.363. The second kappa shape index (κ2) is 7.03. The third-order valence-electron chi connectivity index (χ3n) is 3.84. The molecule has 7 atom stereocenters. The van der Waals surface area contributed by atoms with Crippen LogP contribution in [0.5, 0.6) is 0 Å². The molecule has 8 nitrogen and oxygen atoms in total. The fourth-order valence-corrected chi connectivity index (χ4v) is 2.81. The van der Waals surface area contributed by atoms with E-state index in [1.165, 1.54) is 0 Å². The molecule has 0 aliphatic carbocycles. The van der Waals surface area contributed by atoms with Crippen molar-refractivity contribution in [2.75, 3.05) is 19.1 Å². The first-order valence-corrected chi connectivity index (χ1v) is 7.34. The van der Waals surface area contributed by atoms with Crippen molar-refractivity contribution < 1.29 is 39.7 Å². The molecule has 9 heteroatoms. The van der Waals surface area contributed by atoms with Crippen LogP contribution in [0.1, 0.15) is 12.8 Å². The standard InChI is InChI=1S/C12H21ClO8/c13-3-7-10(17)11(18)12(5-15,20-7)21-9-2-1-6(16)8(4-14)19-9/h6-11,14-18H,1-5H2/t6-,7-,8-,9-,10-,11+,12+/m1/s1. The van der Waals surface area contributed by atoms with Gasteiger partial charge >= 0.3 is 0 Å². The third-order valence-corrected chi connectivity index (χ3v) is 4.15. The summed E-state index contributed by atoms with van der Waals surface area (Å²) in [6.07, 6.45) is -5.56. The molecule has 2 fully saturated rings. The lowest BCUT2D eigenvalue weighted by molar-refractivity contribution is -0.353. The Morgan fingerprint density at radius 2 is 1.86 bits per heavy atom.